The maximum Gasteiger partial charge on any atom is 0.0438 e. The highest BCUT2D eigenvalue weighted by Gasteiger charge is 2.19. The van der Waals surface area contributed by atoms with Crippen molar-refractivity contribution in [1.29, 1.82) is 0 Å². The van der Waals surface area contributed by atoms with Crippen molar-refractivity contribution < 1.29 is 0 Å². The van der Waals surface area contributed by atoms with Gasteiger partial charge in [-0.25, -0.2) is 0 Å². The van der Waals surface area contributed by atoms with Crippen LogP contribution in [0.15, 0.2) is 24.3 Å². The lowest BCUT2D eigenvalue weighted by Gasteiger charge is -2.20. The molecule has 2 unspecified atom stereocenters. The van der Waals surface area contributed by atoms with E-state index in [9.17, 15) is 0 Å². The molecule has 1 saturated carbocycles. The van der Waals surface area contributed by atoms with Gasteiger partial charge in [0.25, 0.3) is 0 Å². The van der Waals surface area contributed by atoms with E-state index >= 15 is 0 Å². The smallest absolute Gasteiger partial charge is 0.0438 e. The standard InChI is InChI=1S/C15H22ClN/c1-17-14-8-4-2-6-12(11-14)10-13-7-3-5-9-15(13)16/h3,5,7,9,12,14,17H,2,4,6,8,10-11H2,1H3. The van der Waals surface area contributed by atoms with Gasteiger partial charge in [-0.15, -0.1) is 0 Å². The van der Waals surface area contributed by atoms with Gasteiger partial charge in [-0.05, 0) is 43.9 Å². The summed E-state index contributed by atoms with van der Waals surface area (Å²) in [4.78, 5) is 0. The minimum atomic E-state index is 0.699. The van der Waals surface area contributed by atoms with E-state index in [1.807, 2.05) is 12.1 Å². The number of nitrogens with one attached hydrogen (secondary N) is 1. The van der Waals surface area contributed by atoms with Crippen LogP contribution in [0.4, 0.5) is 0 Å². The Labute approximate surface area is 110 Å². The summed E-state index contributed by atoms with van der Waals surface area (Å²) in [5.74, 6) is 0.787. The zero-order chi connectivity index (χ0) is 12.1. The Hall–Kier alpha value is -0.530. The molecule has 0 heterocycles. The van der Waals surface area contributed by atoms with E-state index in [4.69, 9.17) is 11.6 Å². The molecule has 1 aromatic rings. The van der Waals surface area contributed by atoms with Crippen molar-refractivity contribution in [2.45, 2.75) is 44.6 Å². The van der Waals surface area contributed by atoms with E-state index in [0.717, 1.165) is 17.4 Å². The van der Waals surface area contributed by atoms with Crippen LogP contribution < -0.4 is 5.32 Å². The molecule has 0 spiro atoms. The Bertz CT molecular complexity index is 351. The van der Waals surface area contributed by atoms with E-state index in [1.54, 1.807) is 0 Å². The summed E-state index contributed by atoms with van der Waals surface area (Å²) in [6.07, 6.45) is 7.84. The molecule has 2 atom stereocenters. The van der Waals surface area contributed by atoms with Gasteiger partial charge in [-0.3, -0.25) is 0 Å². The topological polar surface area (TPSA) is 12.0 Å². The molecule has 1 fully saturated rings. The van der Waals surface area contributed by atoms with Gasteiger partial charge in [0, 0.05) is 11.1 Å². The quantitative estimate of drug-likeness (QED) is 0.800. The van der Waals surface area contributed by atoms with Crippen LogP contribution in [0.5, 0.6) is 0 Å². The Morgan fingerprint density at radius 1 is 1.24 bits per heavy atom. The van der Waals surface area contributed by atoms with E-state index in [0.29, 0.717) is 6.04 Å². The van der Waals surface area contributed by atoms with Crippen molar-refractivity contribution in [3.63, 3.8) is 0 Å². The van der Waals surface area contributed by atoms with Crippen molar-refractivity contribution in [3.05, 3.63) is 34.9 Å². The average Bonchev–Trinajstić information content (AvgIpc) is 2.57. The summed E-state index contributed by atoms with van der Waals surface area (Å²) >= 11 is 6.24. The Morgan fingerprint density at radius 3 is 2.76 bits per heavy atom. The second-order valence-corrected chi connectivity index (χ2v) is 5.57. The van der Waals surface area contributed by atoms with Crippen molar-refractivity contribution in [2.24, 2.45) is 5.92 Å². The first-order chi connectivity index (χ1) is 8.29. The number of benzene rings is 1. The van der Waals surface area contributed by atoms with Crippen LogP contribution >= 0.6 is 11.6 Å². The van der Waals surface area contributed by atoms with Gasteiger partial charge in [0.2, 0.25) is 0 Å². The van der Waals surface area contributed by atoms with Crippen LogP contribution in [-0.2, 0) is 6.42 Å². The van der Waals surface area contributed by atoms with E-state index in [-0.39, 0.29) is 0 Å². The van der Waals surface area contributed by atoms with Crippen LogP contribution in [0.25, 0.3) is 0 Å². The SMILES string of the molecule is CNC1CCCCC(Cc2ccccc2Cl)C1. The summed E-state index contributed by atoms with van der Waals surface area (Å²) in [7, 11) is 2.09. The fourth-order valence-electron chi connectivity index (χ4n) is 2.88. The van der Waals surface area contributed by atoms with E-state index in [1.165, 1.54) is 37.7 Å². The number of halogens is 1. The monoisotopic (exact) mass is 251 g/mol. The average molecular weight is 252 g/mol. The highest BCUT2D eigenvalue weighted by Crippen LogP contribution is 2.28. The Kier molecular flexibility index (Phi) is 4.87. The van der Waals surface area contributed by atoms with Crippen LogP contribution in [0.1, 0.15) is 37.7 Å². The highest BCUT2D eigenvalue weighted by molar-refractivity contribution is 6.31. The molecule has 0 radical (unpaired) electrons. The van der Waals surface area contributed by atoms with Gasteiger partial charge in [0.05, 0.1) is 0 Å². The molecule has 0 bridgehead atoms. The predicted octanol–water partition coefficient (Wildman–Crippen LogP) is 4.05. The molecule has 1 nitrogen and oxygen atoms in total. The molecule has 1 N–H and O–H groups in total. The third kappa shape index (κ3) is 3.72. The number of hydrogen-bond acceptors (Lipinski definition) is 1. The van der Waals surface area contributed by atoms with Crippen LogP contribution in [-0.4, -0.2) is 13.1 Å². The molecule has 0 amide bonds. The first-order valence-corrected chi connectivity index (χ1v) is 7.08. The first kappa shape index (κ1) is 12.9. The molecular weight excluding hydrogens is 230 g/mol. The van der Waals surface area contributed by atoms with Crippen molar-refractivity contribution in [3.8, 4) is 0 Å². The third-order valence-electron chi connectivity index (χ3n) is 3.91. The molecule has 0 aliphatic heterocycles. The fourth-order valence-corrected chi connectivity index (χ4v) is 3.10. The lowest BCUT2D eigenvalue weighted by atomic mass is 9.91. The van der Waals surface area contributed by atoms with Crippen molar-refractivity contribution >= 4 is 11.6 Å². The first-order valence-electron chi connectivity index (χ1n) is 6.70. The molecule has 0 saturated heterocycles. The zero-order valence-electron chi connectivity index (χ0n) is 10.6. The van der Waals surface area contributed by atoms with Crippen molar-refractivity contribution in [1.82, 2.24) is 5.32 Å². The fraction of sp³-hybridized carbons (Fsp3) is 0.600. The highest BCUT2D eigenvalue weighted by atomic mass is 35.5. The largest absolute Gasteiger partial charge is 0.317 e. The second-order valence-electron chi connectivity index (χ2n) is 5.17. The van der Waals surface area contributed by atoms with Gasteiger partial charge in [0.15, 0.2) is 0 Å². The molecule has 1 aliphatic rings. The Balaban J connectivity index is 2.00. The molecule has 1 aliphatic carbocycles. The van der Waals surface area contributed by atoms with Gasteiger partial charge >= 0.3 is 0 Å². The lowest BCUT2D eigenvalue weighted by molar-refractivity contribution is 0.400. The lowest BCUT2D eigenvalue weighted by Crippen LogP contribution is -2.26. The summed E-state index contributed by atoms with van der Waals surface area (Å²) in [5.41, 5.74) is 1.32. The van der Waals surface area contributed by atoms with Crippen LogP contribution in [0.2, 0.25) is 5.02 Å². The van der Waals surface area contributed by atoms with Gasteiger partial charge in [-0.2, -0.15) is 0 Å². The second kappa shape index (κ2) is 6.42. The van der Waals surface area contributed by atoms with Crippen molar-refractivity contribution in [2.75, 3.05) is 7.05 Å². The zero-order valence-corrected chi connectivity index (χ0v) is 11.3. The molecule has 1 aromatic carbocycles. The number of rotatable bonds is 3. The normalized spacial score (nSPS) is 25.5. The third-order valence-corrected chi connectivity index (χ3v) is 4.28. The minimum absolute atomic E-state index is 0.699. The van der Waals surface area contributed by atoms with Gasteiger partial charge < -0.3 is 5.32 Å². The van der Waals surface area contributed by atoms with Crippen LogP contribution in [0, 0.1) is 5.92 Å². The summed E-state index contributed by atoms with van der Waals surface area (Å²) in [6, 6.07) is 8.97. The van der Waals surface area contributed by atoms with E-state index < -0.39 is 0 Å². The molecule has 2 rings (SSSR count). The Morgan fingerprint density at radius 2 is 2.00 bits per heavy atom. The molecule has 94 valence electrons. The summed E-state index contributed by atoms with van der Waals surface area (Å²) in [5, 5.41) is 4.37. The maximum atomic E-state index is 6.24. The summed E-state index contributed by atoms with van der Waals surface area (Å²) < 4.78 is 0. The molecular formula is C15H22ClN. The number of hydrogen-bond donors (Lipinski definition) is 1. The minimum Gasteiger partial charge on any atom is -0.317 e. The molecule has 0 aromatic heterocycles. The molecule has 17 heavy (non-hydrogen) atoms. The van der Waals surface area contributed by atoms with E-state index in [2.05, 4.69) is 24.5 Å². The van der Waals surface area contributed by atoms with Crippen LogP contribution in [0.3, 0.4) is 0 Å². The van der Waals surface area contributed by atoms with Gasteiger partial charge in [-0.1, -0.05) is 49.1 Å². The predicted molar refractivity (Wildman–Crippen MR) is 74.6 cm³/mol. The van der Waals surface area contributed by atoms with Gasteiger partial charge in [0.1, 0.15) is 0 Å². The summed E-state index contributed by atoms with van der Waals surface area (Å²) in [6.45, 7) is 0. The molecule has 2 heteroatoms. The maximum absolute atomic E-state index is 6.24.